The molecule has 1 amide bonds. The van der Waals surface area contributed by atoms with Crippen LogP contribution in [0.1, 0.15) is 48.8 Å². The van der Waals surface area contributed by atoms with E-state index in [2.05, 4.69) is 22.0 Å². The van der Waals surface area contributed by atoms with Gasteiger partial charge in [0.25, 0.3) is 0 Å². The van der Waals surface area contributed by atoms with Gasteiger partial charge in [-0.25, -0.2) is 0 Å². The second kappa shape index (κ2) is 6.87. The number of nitrogens with zero attached hydrogens (tertiary/aromatic N) is 2. The van der Waals surface area contributed by atoms with Crippen molar-refractivity contribution in [3.05, 3.63) is 53.9 Å². The van der Waals surface area contributed by atoms with Crippen molar-refractivity contribution in [2.75, 3.05) is 19.8 Å². The lowest BCUT2D eigenvalue weighted by Gasteiger charge is -2.26. The van der Waals surface area contributed by atoms with Crippen molar-refractivity contribution >= 4 is 5.91 Å². The smallest absolute Gasteiger partial charge is 0.226 e. The minimum absolute atomic E-state index is 0.119. The van der Waals surface area contributed by atoms with Crippen molar-refractivity contribution in [3.63, 3.8) is 0 Å². The number of carbonyl (C=O) groups is 1. The molecule has 2 aromatic rings. The number of rotatable bonds is 3. The Bertz CT molecular complexity index is 839. The molecule has 2 fully saturated rings. The molecule has 0 spiro atoms. The third-order valence-corrected chi connectivity index (χ3v) is 5.93. The minimum Gasteiger partial charge on any atom is -0.490 e. The van der Waals surface area contributed by atoms with Crippen molar-refractivity contribution in [1.29, 1.82) is 0 Å². The van der Waals surface area contributed by atoms with Gasteiger partial charge in [-0.3, -0.25) is 9.78 Å². The third kappa shape index (κ3) is 3.15. The summed E-state index contributed by atoms with van der Waals surface area (Å²) < 4.78 is 11.6. The maximum absolute atomic E-state index is 13.2. The van der Waals surface area contributed by atoms with Gasteiger partial charge in [0.05, 0.1) is 19.3 Å². The standard InChI is InChI=1S/C22H24N2O3/c25-22(18-14-17(18)15-6-8-23-9-7-15)24-10-1-3-19(24)16-4-5-20-21(13-16)27-12-2-11-26-20/h4-9,13,17-19H,1-3,10-12,14H2. The fourth-order valence-electron chi connectivity index (χ4n) is 4.42. The molecule has 140 valence electrons. The molecule has 0 radical (unpaired) electrons. The van der Waals surface area contributed by atoms with Gasteiger partial charge in [-0.05, 0) is 60.6 Å². The van der Waals surface area contributed by atoms with Crippen molar-refractivity contribution in [1.82, 2.24) is 9.88 Å². The molecule has 1 saturated heterocycles. The summed E-state index contributed by atoms with van der Waals surface area (Å²) in [5.41, 5.74) is 2.39. The Hall–Kier alpha value is -2.56. The van der Waals surface area contributed by atoms with Crippen molar-refractivity contribution in [2.24, 2.45) is 5.92 Å². The predicted molar refractivity (Wildman–Crippen MR) is 101 cm³/mol. The Balaban J connectivity index is 1.34. The summed E-state index contributed by atoms with van der Waals surface area (Å²) in [7, 11) is 0. The lowest BCUT2D eigenvalue weighted by molar-refractivity contribution is -0.133. The second-order valence-corrected chi connectivity index (χ2v) is 7.68. The highest BCUT2D eigenvalue weighted by Gasteiger charge is 2.47. The zero-order valence-electron chi connectivity index (χ0n) is 15.3. The van der Waals surface area contributed by atoms with Gasteiger partial charge >= 0.3 is 0 Å². The summed E-state index contributed by atoms with van der Waals surface area (Å²) in [6.45, 7) is 2.22. The van der Waals surface area contributed by atoms with Gasteiger partial charge < -0.3 is 14.4 Å². The molecule has 3 atom stereocenters. The fourth-order valence-corrected chi connectivity index (χ4v) is 4.42. The largest absolute Gasteiger partial charge is 0.490 e. The number of likely N-dealkylation sites (tertiary alicyclic amines) is 1. The molecule has 3 aliphatic rings. The van der Waals surface area contributed by atoms with E-state index in [9.17, 15) is 4.79 Å². The van der Waals surface area contributed by atoms with Crippen LogP contribution in [0.3, 0.4) is 0 Å². The van der Waals surface area contributed by atoms with Crippen LogP contribution in [0.2, 0.25) is 0 Å². The maximum Gasteiger partial charge on any atom is 0.226 e. The van der Waals surface area contributed by atoms with E-state index < -0.39 is 0 Å². The number of ether oxygens (including phenoxy) is 2. The van der Waals surface area contributed by atoms with E-state index in [0.717, 1.165) is 49.3 Å². The highest BCUT2D eigenvalue weighted by Crippen LogP contribution is 2.50. The fraction of sp³-hybridized carbons (Fsp3) is 0.455. The molecule has 0 bridgehead atoms. The third-order valence-electron chi connectivity index (χ3n) is 5.93. The molecule has 1 aromatic heterocycles. The first-order valence-corrected chi connectivity index (χ1v) is 9.91. The zero-order chi connectivity index (χ0) is 18.2. The summed E-state index contributed by atoms with van der Waals surface area (Å²) in [5, 5.41) is 0. The zero-order valence-corrected chi connectivity index (χ0v) is 15.3. The lowest BCUT2D eigenvalue weighted by atomic mass is 10.0. The Labute approximate surface area is 159 Å². The molecule has 27 heavy (non-hydrogen) atoms. The normalized spacial score (nSPS) is 26.5. The summed E-state index contributed by atoms with van der Waals surface area (Å²) in [6, 6.07) is 10.4. The first-order chi connectivity index (χ1) is 13.3. The van der Waals surface area contributed by atoms with Crippen LogP contribution in [0.15, 0.2) is 42.7 Å². The Morgan fingerprint density at radius 1 is 1.00 bits per heavy atom. The molecule has 1 aliphatic carbocycles. The van der Waals surface area contributed by atoms with E-state index in [1.807, 2.05) is 30.6 Å². The summed E-state index contributed by atoms with van der Waals surface area (Å²) in [4.78, 5) is 19.3. The van der Waals surface area contributed by atoms with Crippen LogP contribution in [-0.4, -0.2) is 35.5 Å². The second-order valence-electron chi connectivity index (χ2n) is 7.68. The highest BCUT2D eigenvalue weighted by atomic mass is 16.5. The number of aromatic nitrogens is 1. The SMILES string of the molecule is O=C(C1CC1c1ccncc1)N1CCCC1c1ccc2c(c1)OCCCO2. The Morgan fingerprint density at radius 3 is 2.67 bits per heavy atom. The average Bonchev–Trinajstić information content (AvgIpc) is 3.42. The maximum atomic E-state index is 13.2. The van der Waals surface area contributed by atoms with E-state index in [-0.39, 0.29) is 12.0 Å². The van der Waals surface area contributed by atoms with E-state index in [4.69, 9.17) is 9.47 Å². The minimum atomic E-state index is 0.119. The number of fused-ring (bicyclic) bond motifs is 1. The molecule has 3 unspecified atom stereocenters. The Kier molecular flexibility index (Phi) is 4.23. The summed E-state index contributed by atoms with van der Waals surface area (Å²) >= 11 is 0. The van der Waals surface area contributed by atoms with Crippen LogP contribution >= 0.6 is 0 Å². The topological polar surface area (TPSA) is 51.7 Å². The molecule has 3 heterocycles. The van der Waals surface area contributed by atoms with Gasteiger partial charge in [0.15, 0.2) is 11.5 Å². The first kappa shape index (κ1) is 16.6. The van der Waals surface area contributed by atoms with Gasteiger partial charge in [0, 0.05) is 31.3 Å². The molecule has 2 aliphatic heterocycles. The van der Waals surface area contributed by atoms with E-state index in [1.165, 1.54) is 5.56 Å². The van der Waals surface area contributed by atoms with Crippen LogP contribution < -0.4 is 9.47 Å². The van der Waals surface area contributed by atoms with Crippen molar-refractivity contribution < 1.29 is 14.3 Å². The number of carbonyl (C=O) groups excluding carboxylic acids is 1. The van der Waals surface area contributed by atoms with E-state index >= 15 is 0 Å². The molecular weight excluding hydrogens is 340 g/mol. The van der Waals surface area contributed by atoms with Crippen molar-refractivity contribution in [2.45, 2.75) is 37.6 Å². The Morgan fingerprint density at radius 2 is 1.81 bits per heavy atom. The van der Waals surface area contributed by atoms with Crippen LogP contribution in [0.4, 0.5) is 0 Å². The molecule has 5 nitrogen and oxygen atoms in total. The highest BCUT2D eigenvalue weighted by molar-refractivity contribution is 5.83. The molecular formula is C22H24N2O3. The average molecular weight is 364 g/mol. The number of hydrogen-bond donors (Lipinski definition) is 0. The molecule has 1 aromatic carbocycles. The lowest BCUT2D eigenvalue weighted by Crippen LogP contribution is -2.32. The van der Waals surface area contributed by atoms with Crippen LogP contribution in [-0.2, 0) is 4.79 Å². The predicted octanol–water partition coefficient (Wildman–Crippen LogP) is 3.71. The van der Waals surface area contributed by atoms with Gasteiger partial charge in [0.2, 0.25) is 5.91 Å². The number of amides is 1. The van der Waals surface area contributed by atoms with Gasteiger partial charge in [-0.1, -0.05) is 6.07 Å². The molecule has 5 heteroatoms. The summed E-state index contributed by atoms with van der Waals surface area (Å²) in [6.07, 6.45) is 7.54. The quantitative estimate of drug-likeness (QED) is 0.833. The summed E-state index contributed by atoms with van der Waals surface area (Å²) in [5.74, 6) is 2.39. The number of benzene rings is 1. The first-order valence-electron chi connectivity index (χ1n) is 9.91. The molecule has 1 saturated carbocycles. The van der Waals surface area contributed by atoms with Crippen LogP contribution in [0, 0.1) is 5.92 Å². The van der Waals surface area contributed by atoms with Crippen LogP contribution in [0.5, 0.6) is 11.5 Å². The van der Waals surface area contributed by atoms with Gasteiger partial charge in [-0.2, -0.15) is 0 Å². The van der Waals surface area contributed by atoms with E-state index in [1.54, 1.807) is 0 Å². The van der Waals surface area contributed by atoms with Crippen LogP contribution in [0.25, 0.3) is 0 Å². The monoisotopic (exact) mass is 364 g/mol. The molecule has 5 rings (SSSR count). The van der Waals surface area contributed by atoms with Gasteiger partial charge in [-0.15, -0.1) is 0 Å². The number of pyridine rings is 1. The number of hydrogen-bond acceptors (Lipinski definition) is 4. The van der Waals surface area contributed by atoms with Crippen molar-refractivity contribution in [3.8, 4) is 11.5 Å². The van der Waals surface area contributed by atoms with Gasteiger partial charge in [0.1, 0.15) is 0 Å². The molecule has 0 N–H and O–H groups in total. The van der Waals surface area contributed by atoms with E-state index in [0.29, 0.717) is 25.0 Å².